The third-order valence-electron chi connectivity index (χ3n) is 36.0. The predicted octanol–water partition coefficient (Wildman–Crippen LogP) is 13.1. The average Bonchev–Trinajstić information content (AvgIpc) is 0.557. The maximum Gasteiger partial charge on any atom is 0.277 e. The van der Waals surface area contributed by atoms with Crippen LogP contribution in [-0.2, 0) is 93.8 Å². The van der Waals surface area contributed by atoms with Gasteiger partial charge in [0.1, 0.15) is 29.1 Å². The summed E-state index contributed by atoms with van der Waals surface area (Å²) in [6, 6.07) is 27.3. The fourth-order valence-corrected chi connectivity index (χ4v) is 30.7. The largest absolute Gasteiger partial charge is 0.381 e. The number of carbonyl (C=O) groups is 6. The summed E-state index contributed by atoms with van der Waals surface area (Å²) < 4.78 is 82.1. The van der Waals surface area contributed by atoms with Gasteiger partial charge in [0.2, 0.25) is 0 Å². The Morgan fingerprint density at radius 1 is 0.372 bits per heavy atom. The molecule has 728 valence electrons. The molecule has 2 saturated heterocycles. The molecule has 14 aliphatic carbocycles. The van der Waals surface area contributed by atoms with Crippen LogP contribution in [0.4, 0.5) is 22.0 Å². The molecule has 8 aliphatic heterocycles. The van der Waals surface area contributed by atoms with Crippen molar-refractivity contribution < 1.29 is 91.4 Å². The monoisotopic (exact) mass is 1880 g/mol. The van der Waals surface area contributed by atoms with E-state index >= 15 is 0 Å². The van der Waals surface area contributed by atoms with E-state index in [9.17, 15) is 50.7 Å². The van der Waals surface area contributed by atoms with Crippen molar-refractivity contribution in [2.45, 2.75) is 187 Å². The normalized spacial score (nSPS) is 30.1. The maximum absolute atomic E-state index is 14.6. The average molecular weight is 1890 g/mol. The zero-order valence-electron chi connectivity index (χ0n) is 77.8. The molecule has 31 heteroatoms. The topological polar surface area (TPSA) is 334 Å². The van der Waals surface area contributed by atoms with Gasteiger partial charge < -0.3 is 9.47 Å². The highest BCUT2D eigenvalue weighted by atomic mass is 19.1. The first-order chi connectivity index (χ1) is 66.2. The molecule has 137 heavy (non-hydrogen) atoms. The SMILES string of the molecule is Cc1cccc(C)c1CN1CCc2cc(C(=O)NO)cc(F)c2C1.O=C(NO)c1cc(F)c2c(c1)CCN(C13C4C5C6C4C1C6C53)C2.O=C(NO)c1cc(F)c2c(c1)CCN(C1COC1)C2.O=C(NO)c1cc(F)c2c(c1)CCN(CC1COC1)C2.O=C(NO)c1ccc2c(c1)CCN(CC13CC4CC(CC(C4)C1)C3)C2.O=C(NO)c1ccc2c(c1F)CCN(CC13CC4CC(CC(C4)C1)C3)C2. The summed E-state index contributed by atoms with van der Waals surface area (Å²) in [5, 5.41) is 52.3. The van der Waals surface area contributed by atoms with Crippen LogP contribution in [0.25, 0.3) is 0 Å². The lowest BCUT2D eigenvalue weighted by Gasteiger charge is -3.08. The van der Waals surface area contributed by atoms with Crippen molar-refractivity contribution in [2.24, 2.45) is 93.7 Å². The highest BCUT2D eigenvalue weighted by Crippen LogP contribution is 3.03. The van der Waals surface area contributed by atoms with Gasteiger partial charge in [-0.05, 0) is 345 Å². The number of ether oxygens (including phenoxy) is 2. The number of benzene rings is 7. The standard InChI is InChI=1S/C21H27FN2O2.C21H28N2O2.C19H21FN2O2.C18H17FN2O2.C14H17FN2O3.C13H15FN2O3/c22-19-17-3-4-24(11-16(17)1-2-18(19)20(25)23-26)12-21-8-13-5-14(9-21)7-15(6-13)10-21;24-20(22-25)18-1-2-19-12-23(4-3-17(19)8-18)13-21-9-14-5-15(10-21)7-16(6-14)11-21;1-12-4-3-5-13(2)16(12)10-22-7-6-14-8-15(19(23)21-24)9-18(20)17(14)11-22;19-9-4-7(17(22)20-23)3-6-1-2-21(5-8(6)9)18-14-11-10-12(14)16(18)13(10)15(11)18;15-13-4-11(14(18)16-19)3-10-1-2-17(6-12(10)13)5-9-7-20-8-9;14-12-4-9(13(17)15-18)3-8-1-2-16(5-11(8)12)10-6-19-7-10/h1-2,13-15,26H,3-12H2,(H,23,25);1-2,8,14-16,25H,3-7,9-13H2,(H,22,24);3-5,8-9,24H,6-7,10-11H2,1-2H3,(H,21,23);3-4,10-16,23H,1-2,5H2,(H,20,22);3-4,9,19H,1-2,5-8H2,(H,16,18);3-4,10,18H,1-2,5-7H2,(H,15,17). The molecule has 14 saturated carbocycles. The van der Waals surface area contributed by atoms with Crippen LogP contribution in [0.2, 0.25) is 0 Å². The fourth-order valence-electron chi connectivity index (χ4n) is 30.7. The number of halogens is 5. The summed E-state index contributed by atoms with van der Waals surface area (Å²) in [7, 11) is 0. The van der Waals surface area contributed by atoms with E-state index in [-0.39, 0.29) is 45.3 Å². The Kier molecular flexibility index (Phi) is 25.9. The molecular formula is C106H125F5N12O14. The van der Waals surface area contributed by atoms with Gasteiger partial charge in [0, 0.05) is 166 Å². The highest BCUT2D eigenvalue weighted by molar-refractivity contribution is 5.96. The molecule has 22 aliphatic rings. The molecular weight excluding hydrogens is 1760 g/mol. The molecule has 0 aromatic heterocycles. The zero-order valence-corrected chi connectivity index (χ0v) is 77.8. The van der Waals surface area contributed by atoms with E-state index in [1.807, 2.05) is 24.3 Å². The number of carbonyl (C=O) groups excluding carboxylic acids is 6. The number of hydrogen-bond acceptors (Lipinski definition) is 20. The van der Waals surface area contributed by atoms with Crippen LogP contribution in [0.3, 0.4) is 0 Å². The molecule has 0 unspecified atom stereocenters. The zero-order chi connectivity index (χ0) is 94.9. The van der Waals surface area contributed by atoms with Crippen molar-refractivity contribution in [1.29, 1.82) is 0 Å². The van der Waals surface area contributed by atoms with Crippen LogP contribution in [0.1, 0.15) is 223 Å². The minimum atomic E-state index is -0.777. The molecule has 29 rings (SSSR count). The molecule has 16 fully saturated rings. The second-order valence-electron chi connectivity index (χ2n) is 43.9. The summed E-state index contributed by atoms with van der Waals surface area (Å²) in [5.41, 5.74) is 26.4. The Bertz CT molecular complexity index is 5770. The van der Waals surface area contributed by atoms with Crippen molar-refractivity contribution in [3.8, 4) is 0 Å². The van der Waals surface area contributed by atoms with Crippen molar-refractivity contribution in [1.82, 2.24) is 62.3 Å². The number of hydroxylamine groups is 6. The highest BCUT2D eigenvalue weighted by Gasteiger charge is 3.05. The molecule has 8 bridgehead atoms. The first-order valence-electron chi connectivity index (χ1n) is 49.6. The van der Waals surface area contributed by atoms with Crippen LogP contribution in [0.15, 0.2) is 97.1 Å². The Balaban J connectivity index is 0.0000000985. The molecule has 7 aromatic rings. The maximum atomic E-state index is 14.6. The Morgan fingerprint density at radius 3 is 1.21 bits per heavy atom. The first kappa shape index (κ1) is 93.7. The molecule has 6 amide bonds. The Morgan fingerprint density at radius 2 is 0.759 bits per heavy atom. The Labute approximate surface area is 793 Å². The quantitative estimate of drug-likeness (QED) is 0.0243. The summed E-state index contributed by atoms with van der Waals surface area (Å²) in [6.45, 7) is 20.9. The van der Waals surface area contributed by atoms with E-state index in [2.05, 4.69) is 61.4 Å². The van der Waals surface area contributed by atoms with E-state index < -0.39 is 47.1 Å². The number of rotatable bonds is 16. The number of amides is 6. The number of nitrogens with one attached hydrogen (secondary N) is 6. The lowest BCUT2D eigenvalue weighted by atomic mass is 8.98. The van der Waals surface area contributed by atoms with E-state index in [0.29, 0.717) is 121 Å². The smallest absolute Gasteiger partial charge is 0.277 e. The molecule has 26 nitrogen and oxygen atoms in total. The lowest BCUT2D eigenvalue weighted by Crippen LogP contribution is -3.11. The lowest BCUT2D eigenvalue weighted by molar-refractivity contribution is -0.602. The Hall–Kier alpha value is -9.55. The third kappa shape index (κ3) is 17.3. The molecule has 0 spiro atoms. The van der Waals surface area contributed by atoms with Gasteiger partial charge in [-0.15, -0.1) is 0 Å². The van der Waals surface area contributed by atoms with Crippen LogP contribution in [-0.4, -0.2) is 193 Å². The number of nitrogens with zero attached hydrogens (tertiary/aromatic N) is 6. The first-order valence-corrected chi connectivity index (χ1v) is 49.6. The minimum Gasteiger partial charge on any atom is -0.381 e. The summed E-state index contributed by atoms with van der Waals surface area (Å²) in [6.07, 6.45) is 22.1. The molecule has 12 N–H and O–H groups in total. The van der Waals surface area contributed by atoms with Gasteiger partial charge in [0.25, 0.3) is 35.4 Å². The molecule has 8 heterocycles. The number of aryl methyl sites for hydroxylation is 2. The third-order valence-corrected chi connectivity index (χ3v) is 36.0. The summed E-state index contributed by atoms with van der Waals surface area (Å²) >= 11 is 0. The van der Waals surface area contributed by atoms with Gasteiger partial charge >= 0.3 is 0 Å². The van der Waals surface area contributed by atoms with Crippen molar-refractivity contribution >= 4 is 35.4 Å². The fraction of sp³-hybridized carbons (Fsp3) is 0.547. The van der Waals surface area contributed by atoms with Crippen LogP contribution >= 0.6 is 0 Å². The summed E-state index contributed by atoms with van der Waals surface area (Å²) in [5.74, 6) is 7.69. The van der Waals surface area contributed by atoms with E-state index in [0.717, 1.165) is 208 Å². The van der Waals surface area contributed by atoms with E-state index in [1.165, 1.54) is 158 Å². The second kappa shape index (κ2) is 37.8. The summed E-state index contributed by atoms with van der Waals surface area (Å²) in [4.78, 5) is 83.3. The van der Waals surface area contributed by atoms with Gasteiger partial charge in [-0.2, -0.15) is 0 Å². The van der Waals surface area contributed by atoms with E-state index in [4.69, 9.17) is 40.7 Å². The van der Waals surface area contributed by atoms with Gasteiger partial charge in [0.15, 0.2) is 0 Å². The molecule has 7 aromatic carbocycles. The molecule has 0 atom stereocenters. The van der Waals surface area contributed by atoms with Crippen LogP contribution in [0, 0.1) is 137 Å². The van der Waals surface area contributed by atoms with Crippen molar-refractivity contribution in [3.05, 3.63) is 243 Å². The number of hydrogen-bond donors (Lipinski definition) is 12. The van der Waals surface area contributed by atoms with Gasteiger partial charge in [-0.1, -0.05) is 30.3 Å². The van der Waals surface area contributed by atoms with Crippen LogP contribution < -0.4 is 32.9 Å². The van der Waals surface area contributed by atoms with Gasteiger partial charge in [0.05, 0.1) is 38.0 Å². The second-order valence-corrected chi connectivity index (χ2v) is 43.9. The minimum absolute atomic E-state index is 0.0687. The van der Waals surface area contributed by atoms with Gasteiger partial charge in [-0.25, -0.2) is 54.8 Å². The van der Waals surface area contributed by atoms with Crippen LogP contribution in [0.5, 0.6) is 0 Å². The predicted molar refractivity (Wildman–Crippen MR) is 490 cm³/mol. The van der Waals surface area contributed by atoms with Gasteiger partial charge in [-0.3, -0.25) is 89.4 Å². The molecule has 0 radical (unpaired) electrons. The van der Waals surface area contributed by atoms with Crippen molar-refractivity contribution in [3.63, 3.8) is 0 Å². The van der Waals surface area contributed by atoms with Crippen molar-refractivity contribution in [2.75, 3.05) is 85.3 Å². The van der Waals surface area contributed by atoms with E-state index in [1.54, 1.807) is 40.7 Å². The number of fused-ring (bicyclic) bond motifs is 6.